The molecule has 0 aromatic heterocycles. The smallest absolute Gasteiger partial charge is 0.219 e. The molecular formula is C19H27N3O5. The quantitative estimate of drug-likeness (QED) is 0.651. The Labute approximate surface area is 158 Å². The number of phenolic OH excluding ortho intramolecular Hbond substituents is 1. The van der Waals surface area contributed by atoms with Gasteiger partial charge in [-0.2, -0.15) is 0 Å². The van der Waals surface area contributed by atoms with Gasteiger partial charge in [0, 0.05) is 45.2 Å². The summed E-state index contributed by atoms with van der Waals surface area (Å²) in [5.74, 6) is 0.308. The second-order valence-electron chi connectivity index (χ2n) is 7.43. The molecular weight excluding hydrogens is 350 g/mol. The van der Waals surface area contributed by atoms with Crippen molar-refractivity contribution in [1.82, 2.24) is 15.1 Å². The Hall–Kier alpha value is -1.71. The van der Waals surface area contributed by atoms with Crippen LogP contribution >= 0.6 is 0 Å². The van der Waals surface area contributed by atoms with Gasteiger partial charge < -0.3 is 29.9 Å². The molecule has 3 fully saturated rings. The van der Waals surface area contributed by atoms with Crippen molar-refractivity contribution < 1.29 is 24.5 Å². The zero-order chi connectivity index (χ0) is 19.0. The van der Waals surface area contributed by atoms with E-state index in [2.05, 4.69) is 10.2 Å². The Morgan fingerprint density at radius 2 is 2.00 bits per heavy atom. The van der Waals surface area contributed by atoms with Crippen molar-refractivity contribution in [2.75, 3.05) is 32.8 Å². The fourth-order valence-electron chi connectivity index (χ4n) is 4.26. The monoisotopic (exact) mass is 377 g/mol. The number of hydrogen-bond acceptors (Lipinski definition) is 7. The highest BCUT2D eigenvalue weighted by atomic mass is 16.7. The molecule has 4 rings (SSSR count). The number of fused-ring (bicyclic) bond motifs is 2. The second-order valence-corrected chi connectivity index (χ2v) is 7.43. The van der Waals surface area contributed by atoms with Gasteiger partial charge in [0.15, 0.2) is 6.29 Å². The molecule has 3 N–H and O–H groups in total. The van der Waals surface area contributed by atoms with Crippen molar-refractivity contribution in [2.45, 2.75) is 44.1 Å². The molecule has 1 aromatic carbocycles. The van der Waals surface area contributed by atoms with E-state index in [0.29, 0.717) is 39.3 Å². The zero-order valence-corrected chi connectivity index (χ0v) is 15.5. The van der Waals surface area contributed by atoms with Crippen LogP contribution in [0.5, 0.6) is 5.75 Å². The fraction of sp³-hybridized carbons (Fsp3) is 0.632. The maximum Gasteiger partial charge on any atom is 0.219 e. The number of benzene rings is 1. The summed E-state index contributed by atoms with van der Waals surface area (Å²) in [6.45, 7) is 5.10. The van der Waals surface area contributed by atoms with Crippen molar-refractivity contribution in [3.05, 3.63) is 29.8 Å². The number of aromatic hydroxyl groups is 1. The minimum absolute atomic E-state index is 0.0782. The third kappa shape index (κ3) is 3.68. The number of carbonyl (C=O) groups is 1. The van der Waals surface area contributed by atoms with Gasteiger partial charge in [0.1, 0.15) is 11.9 Å². The van der Waals surface area contributed by atoms with Crippen LogP contribution in [0.15, 0.2) is 24.3 Å². The molecule has 5 atom stereocenters. The molecule has 3 aliphatic heterocycles. The van der Waals surface area contributed by atoms with Crippen LogP contribution in [-0.4, -0.2) is 89.3 Å². The molecule has 2 bridgehead atoms. The van der Waals surface area contributed by atoms with Crippen LogP contribution in [0.4, 0.5) is 0 Å². The Balaban J connectivity index is 1.43. The molecule has 3 saturated heterocycles. The molecule has 148 valence electrons. The van der Waals surface area contributed by atoms with Gasteiger partial charge in [-0.3, -0.25) is 9.69 Å². The molecule has 1 amide bonds. The summed E-state index contributed by atoms with van der Waals surface area (Å²) in [7, 11) is 0. The number of amides is 1. The second kappa shape index (κ2) is 7.73. The molecule has 0 aliphatic carbocycles. The number of hydrogen-bond donors (Lipinski definition) is 3. The number of rotatable bonds is 4. The number of nitrogens with one attached hydrogen (secondary N) is 1. The molecule has 0 unspecified atom stereocenters. The fourth-order valence-corrected chi connectivity index (χ4v) is 4.26. The minimum atomic E-state index is -0.661. The van der Waals surface area contributed by atoms with Gasteiger partial charge in [0.2, 0.25) is 5.91 Å². The first-order valence-corrected chi connectivity index (χ1v) is 9.49. The van der Waals surface area contributed by atoms with Gasteiger partial charge in [-0.1, -0.05) is 18.2 Å². The average Bonchev–Trinajstić information content (AvgIpc) is 3.08. The lowest BCUT2D eigenvalue weighted by molar-refractivity contribution is -0.187. The highest BCUT2D eigenvalue weighted by molar-refractivity contribution is 5.73. The van der Waals surface area contributed by atoms with Crippen LogP contribution < -0.4 is 5.32 Å². The summed E-state index contributed by atoms with van der Waals surface area (Å²) < 4.78 is 11.8. The normalized spacial score (nSPS) is 34.0. The van der Waals surface area contributed by atoms with Crippen molar-refractivity contribution in [2.24, 2.45) is 0 Å². The van der Waals surface area contributed by atoms with E-state index in [1.54, 1.807) is 19.1 Å². The molecule has 3 heterocycles. The Morgan fingerprint density at radius 3 is 2.70 bits per heavy atom. The summed E-state index contributed by atoms with van der Waals surface area (Å²) in [6.07, 6.45) is -1.33. The van der Waals surface area contributed by atoms with Gasteiger partial charge in [-0.25, -0.2) is 0 Å². The third-order valence-electron chi connectivity index (χ3n) is 5.83. The summed E-state index contributed by atoms with van der Waals surface area (Å²) >= 11 is 0. The summed E-state index contributed by atoms with van der Waals surface area (Å²) in [6, 6.07) is 6.58. The highest BCUT2D eigenvalue weighted by Gasteiger charge is 2.52. The van der Waals surface area contributed by atoms with Crippen LogP contribution in [0.3, 0.4) is 0 Å². The number of aliphatic hydroxyl groups is 1. The number of phenols is 1. The Kier molecular flexibility index (Phi) is 5.34. The van der Waals surface area contributed by atoms with E-state index < -0.39 is 12.4 Å². The molecule has 0 spiro atoms. The molecule has 8 heteroatoms. The predicted molar refractivity (Wildman–Crippen MR) is 97.0 cm³/mol. The largest absolute Gasteiger partial charge is 0.508 e. The van der Waals surface area contributed by atoms with Crippen molar-refractivity contribution in [3.63, 3.8) is 0 Å². The SMILES string of the molecule is CC(=O)N1CCN([C@@H]2[C@@H]3OC[C@H](O3)[C@@H](NCc3ccccc3O)[C@@H]2O)CC1. The van der Waals surface area contributed by atoms with E-state index in [-0.39, 0.29) is 29.8 Å². The summed E-state index contributed by atoms with van der Waals surface area (Å²) in [5.41, 5.74) is 0.775. The Bertz CT molecular complexity index is 679. The van der Waals surface area contributed by atoms with Gasteiger partial charge in [-0.05, 0) is 6.07 Å². The highest BCUT2D eigenvalue weighted by Crippen LogP contribution is 2.32. The Morgan fingerprint density at radius 1 is 1.26 bits per heavy atom. The van der Waals surface area contributed by atoms with E-state index in [0.717, 1.165) is 5.56 Å². The van der Waals surface area contributed by atoms with E-state index in [9.17, 15) is 15.0 Å². The average molecular weight is 377 g/mol. The molecule has 1 aromatic rings. The summed E-state index contributed by atoms with van der Waals surface area (Å²) in [4.78, 5) is 15.5. The van der Waals surface area contributed by atoms with E-state index >= 15 is 0 Å². The summed E-state index contributed by atoms with van der Waals surface area (Å²) in [5, 5.41) is 24.4. The van der Waals surface area contributed by atoms with Crippen molar-refractivity contribution >= 4 is 5.91 Å². The number of para-hydroxylation sites is 1. The topological polar surface area (TPSA) is 94.5 Å². The lowest BCUT2D eigenvalue weighted by Crippen LogP contribution is -2.66. The van der Waals surface area contributed by atoms with Crippen LogP contribution in [0.25, 0.3) is 0 Å². The van der Waals surface area contributed by atoms with E-state index in [4.69, 9.17) is 9.47 Å². The number of carbonyl (C=O) groups excluding carboxylic acids is 1. The van der Waals surface area contributed by atoms with Gasteiger partial charge in [0.05, 0.1) is 24.8 Å². The molecule has 27 heavy (non-hydrogen) atoms. The number of piperazine rings is 1. The first-order chi connectivity index (χ1) is 13.0. The lowest BCUT2D eigenvalue weighted by Gasteiger charge is -2.46. The van der Waals surface area contributed by atoms with E-state index in [1.165, 1.54) is 0 Å². The van der Waals surface area contributed by atoms with Gasteiger partial charge in [0.25, 0.3) is 0 Å². The van der Waals surface area contributed by atoms with Crippen LogP contribution in [0.1, 0.15) is 12.5 Å². The van der Waals surface area contributed by atoms with Crippen molar-refractivity contribution in [1.29, 1.82) is 0 Å². The zero-order valence-electron chi connectivity index (χ0n) is 15.5. The maximum atomic E-state index is 11.6. The van der Waals surface area contributed by atoms with Crippen LogP contribution in [-0.2, 0) is 20.8 Å². The molecule has 3 aliphatic rings. The molecule has 0 saturated carbocycles. The number of nitrogens with zero attached hydrogens (tertiary/aromatic N) is 2. The number of aliphatic hydroxyl groups excluding tert-OH is 1. The maximum absolute atomic E-state index is 11.6. The van der Waals surface area contributed by atoms with Gasteiger partial charge >= 0.3 is 0 Å². The first-order valence-electron chi connectivity index (χ1n) is 9.49. The van der Waals surface area contributed by atoms with Crippen LogP contribution in [0.2, 0.25) is 0 Å². The standard InChI is InChI=1S/C19H27N3O5/c1-12(23)21-6-8-22(9-7-21)17-18(25)16(15-11-26-19(17)27-15)20-10-13-4-2-3-5-14(13)24/h2-5,15-20,24-25H,6-11H2,1H3/t15-,16+,17-,18-,19+/m0/s1. The minimum Gasteiger partial charge on any atom is -0.508 e. The third-order valence-corrected chi connectivity index (χ3v) is 5.83. The lowest BCUT2D eigenvalue weighted by atomic mass is 9.94. The molecule has 0 radical (unpaired) electrons. The predicted octanol–water partition coefficient (Wildman–Crippen LogP) is -0.501. The first kappa shape index (κ1) is 18.6. The van der Waals surface area contributed by atoms with Crippen LogP contribution in [0, 0.1) is 0 Å². The number of ether oxygens (including phenoxy) is 2. The molecule has 8 nitrogen and oxygen atoms in total. The van der Waals surface area contributed by atoms with Crippen molar-refractivity contribution in [3.8, 4) is 5.75 Å². The van der Waals surface area contributed by atoms with E-state index in [1.807, 2.05) is 17.0 Å². The van der Waals surface area contributed by atoms with Gasteiger partial charge in [-0.15, -0.1) is 0 Å².